The molecule has 0 spiro atoms. The fourth-order valence-corrected chi connectivity index (χ4v) is 3.77. The molecule has 1 saturated carbocycles. The lowest BCUT2D eigenvalue weighted by molar-refractivity contribution is -0.164. The molecule has 14 heavy (non-hydrogen) atoms. The van der Waals surface area contributed by atoms with Gasteiger partial charge in [-0.25, -0.2) is 0 Å². The van der Waals surface area contributed by atoms with Crippen molar-refractivity contribution in [2.24, 2.45) is 5.92 Å². The average molecular weight is 193 g/mol. The smallest absolute Gasteiger partial charge is 0.0981 e. The number of hydrogen-bond acceptors (Lipinski definition) is 2. The molecule has 4 bridgehead atoms. The van der Waals surface area contributed by atoms with E-state index in [2.05, 4.69) is 0 Å². The summed E-state index contributed by atoms with van der Waals surface area (Å²) >= 11 is 0. The zero-order chi connectivity index (χ0) is 9.17. The molecular formula is C12H17O2. The first kappa shape index (κ1) is 8.12. The molecule has 0 amide bonds. The van der Waals surface area contributed by atoms with Gasteiger partial charge < -0.3 is 9.47 Å². The molecule has 4 heterocycles. The van der Waals surface area contributed by atoms with Crippen LogP contribution >= 0.6 is 0 Å². The van der Waals surface area contributed by atoms with Crippen LogP contribution in [0.1, 0.15) is 44.9 Å². The maximum absolute atomic E-state index is 6.13. The number of rotatable bonds is 1. The van der Waals surface area contributed by atoms with Gasteiger partial charge in [0.25, 0.3) is 0 Å². The van der Waals surface area contributed by atoms with Gasteiger partial charge in [-0.15, -0.1) is 0 Å². The summed E-state index contributed by atoms with van der Waals surface area (Å²) < 4.78 is 12.2. The van der Waals surface area contributed by atoms with Crippen molar-refractivity contribution in [1.29, 1.82) is 0 Å². The van der Waals surface area contributed by atoms with Crippen LogP contribution in [0.2, 0.25) is 0 Å². The highest BCUT2D eigenvalue weighted by atomic mass is 16.6. The summed E-state index contributed by atoms with van der Waals surface area (Å²) in [5.74, 6) is 0.932. The van der Waals surface area contributed by atoms with Crippen molar-refractivity contribution < 1.29 is 9.47 Å². The Bertz CT molecular complexity index is 239. The molecule has 0 aromatic rings. The Balaban J connectivity index is 1.57. The first-order valence-corrected chi connectivity index (χ1v) is 6.03. The zero-order valence-corrected chi connectivity index (χ0v) is 8.50. The molecule has 0 aromatic heterocycles. The third kappa shape index (κ3) is 0.938. The molecule has 1 radical (unpaired) electrons. The van der Waals surface area contributed by atoms with Gasteiger partial charge in [-0.1, -0.05) is 0 Å². The maximum Gasteiger partial charge on any atom is 0.0981 e. The van der Waals surface area contributed by atoms with Gasteiger partial charge in [-0.05, 0) is 50.9 Å². The van der Waals surface area contributed by atoms with Gasteiger partial charge in [-0.2, -0.15) is 0 Å². The monoisotopic (exact) mass is 193 g/mol. The highest BCUT2D eigenvalue weighted by molar-refractivity contribution is 5.09. The maximum atomic E-state index is 6.13. The highest BCUT2D eigenvalue weighted by Crippen LogP contribution is 2.54. The molecule has 1 unspecified atom stereocenters. The standard InChI is InChI=1S/C12H17O2/c1-3-12(4-2-9(1)14-12)11-7-8-5-10(6-8)13-11/h8-9,11H,1-7H2. The highest BCUT2D eigenvalue weighted by Gasteiger charge is 2.56. The van der Waals surface area contributed by atoms with E-state index in [9.17, 15) is 0 Å². The van der Waals surface area contributed by atoms with Gasteiger partial charge in [0, 0.05) is 0 Å². The summed E-state index contributed by atoms with van der Waals surface area (Å²) in [7, 11) is 0. The summed E-state index contributed by atoms with van der Waals surface area (Å²) in [6.45, 7) is 0. The summed E-state index contributed by atoms with van der Waals surface area (Å²) in [4.78, 5) is 0. The van der Waals surface area contributed by atoms with Crippen molar-refractivity contribution in [3.63, 3.8) is 0 Å². The van der Waals surface area contributed by atoms with E-state index in [1.54, 1.807) is 0 Å². The Morgan fingerprint density at radius 2 is 1.93 bits per heavy atom. The third-order valence-electron chi connectivity index (χ3n) is 4.66. The molecule has 5 rings (SSSR count). The zero-order valence-electron chi connectivity index (χ0n) is 8.50. The van der Waals surface area contributed by atoms with Crippen molar-refractivity contribution in [3.05, 3.63) is 6.10 Å². The van der Waals surface area contributed by atoms with Crippen molar-refractivity contribution in [3.8, 4) is 0 Å². The van der Waals surface area contributed by atoms with Gasteiger partial charge in [0.15, 0.2) is 0 Å². The van der Waals surface area contributed by atoms with E-state index in [-0.39, 0.29) is 5.60 Å². The molecule has 77 valence electrons. The summed E-state index contributed by atoms with van der Waals surface area (Å²) in [5, 5.41) is 0. The molecule has 1 atom stereocenters. The van der Waals surface area contributed by atoms with E-state index in [4.69, 9.17) is 9.47 Å². The molecule has 2 nitrogen and oxygen atoms in total. The van der Waals surface area contributed by atoms with E-state index in [1.807, 2.05) is 0 Å². The molecule has 1 aliphatic carbocycles. The predicted molar refractivity (Wildman–Crippen MR) is 51.5 cm³/mol. The van der Waals surface area contributed by atoms with Crippen molar-refractivity contribution in [2.75, 3.05) is 0 Å². The van der Waals surface area contributed by atoms with Crippen LogP contribution < -0.4 is 0 Å². The Hall–Kier alpha value is -0.0800. The summed E-state index contributed by atoms with van der Waals surface area (Å²) in [5.41, 5.74) is 0.148. The fraction of sp³-hybridized carbons (Fsp3) is 0.917. The van der Waals surface area contributed by atoms with Crippen LogP contribution in [-0.4, -0.2) is 17.8 Å². The van der Waals surface area contributed by atoms with Crippen LogP contribution in [0, 0.1) is 12.0 Å². The molecule has 4 saturated heterocycles. The molecule has 2 heteroatoms. The summed E-state index contributed by atoms with van der Waals surface area (Å²) in [6, 6.07) is 0. The molecule has 5 fully saturated rings. The lowest BCUT2D eigenvalue weighted by Gasteiger charge is -2.49. The Labute approximate surface area is 85.0 Å². The van der Waals surface area contributed by atoms with Crippen LogP contribution in [0.4, 0.5) is 0 Å². The summed E-state index contributed by atoms with van der Waals surface area (Å²) in [6.07, 6.45) is 11.2. The molecule has 4 aliphatic heterocycles. The minimum Gasteiger partial charge on any atom is -0.369 e. The van der Waals surface area contributed by atoms with Gasteiger partial charge in [-0.3, -0.25) is 0 Å². The van der Waals surface area contributed by atoms with Crippen LogP contribution in [0.3, 0.4) is 0 Å². The second kappa shape index (κ2) is 2.53. The molecule has 0 N–H and O–H groups in total. The SMILES string of the molecule is C1[C]2CC1CC(C13CCC(CC1)O3)O2. The van der Waals surface area contributed by atoms with E-state index in [0.717, 1.165) is 5.92 Å². The molecule has 0 aromatic carbocycles. The van der Waals surface area contributed by atoms with Crippen LogP contribution in [0.5, 0.6) is 0 Å². The van der Waals surface area contributed by atoms with E-state index >= 15 is 0 Å². The van der Waals surface area contributed by atoms with Crippen LogP contribution in [0.25, 0.3) is 0 Å². The topological polar surface area (TPSA) is 18.5 Å². The first-order chi connectivity index (χ1) is 6.84. The van der Waals surface area contributed by atoms with Gasteiger partial charge in [0.05, 0.1) is 23.9 Å². The number of fused-ring (bicyclic) bond motifs is 5. The van der Waals surface area contributed by atoms with E-state index < -0.39 is 0 Å². The predicted octanol–water partition coefficient (Wildman–Crippen LogP) is 2.43. The second-order valence-corrected chi connectivity index (χ2v) is 5.54. The minimum atomic E-state index is 0.148. The lowest BCUT2D eigenvalue weighted by Crippen LogP contribution is -2.50. The number of hydrogen-bond donors (Lipinski definition) is 0. The molecular weight excluding hydrogens is 176 g/mol. The largest absolute Gasteiger partial charge is 0.369 e. The van der Waals surface area contributed by atoms with Gasteiger partial charge in [0.1, 0.15) is 0 Å². The Morgan fingerprint density at radius 1 is 1.14 bits per heavy atom. The van der Waals surface area contributed by atoms with Gasteiger partial charge in [0.2, 0.25) is 0 Å². The van der Waals surface area contributed by atoms with E-state index in [1.165, 1.54) is 51.0 Å². The van der Waals surface area contributed by atoms with E-state index in [0.29, 0.717) is 12.2 Å². The third-order valence-corrected chi connectivity index (χ3v) is 4.66. The number of ether oxygens (including phenoxy) is 2. The van der Waals surface area contributed by atoms with Crippen molar-refractivity contribution in [2.45, 2.75) is 62.8 Å². The average Bonchev–Trinajstić information content (AvgIpc) is 2.77. The lowest BCUT2D eigenvalue weighted by atomic mass is 9.70. The first-order valence-electron chi connectivity index (χ1n) is 6.03. The normalized spacial score (nSPS) is 56.1. The van der Waals surface area contributed by atoms with Crippen molar-refractivity contribution in [1.82, 2.24) is 0 Å². The quantitative estimate of drug-likeness (QED) is 0.636. The molecule has 5 aliphatic rings. The van der Waals surface area contributed by atoms with Crippen molar-refractivity contribution >= 4 is 0 Å². The Kier molecular flexibility index (Phi) is 1.47. The van der Waals surface area contributed by atoms with Crippen LogP contribution in [-0.2, 0) is 9.47 Å². The van der Waals surface area contributed by atoms with Crippen LogP contribution in [0.15, 0.2) is 0 Å². The second-order valence-electron chi connectivity index (χ2n) is 5.54. The minimum absolute atomic E-state index is 0.148. The fourth-order valence-electron chi connectivity index (χ4n) is 3.77. The Morgan fingerprint density at radius 3 is 2.43 bits per heavy atom. The van der Waals surface area contributed by atoms with Gasteiger partial charge >= 0.3 is 0 Å².